The third-order valence-electron chi connectivity index (χ3n) is 5.38. The van der Waals surface area contributed by atoms with Crippen molar-refractivity contribution >= 4 is 22.5 Å². The van der Waals surface area contributed by atoms with Crippen LogP contribution in [0.1, 0.15) is 37.8 Å². The number of nitrogens with one attached hydrogen (secondary N) is 2. The number of quaternary nitrogens is 1. The van der Waals surface area contributed by atoms with E-state index in [1.807, 2.05) is 26.8 Å². The summed E-state index contributed by atoms with van der Waals surface area (Å²) in [5, 5.41) is 6.39. The number of benzene rings is 2. The van der Waals surface area contributed by atoms with Gasteiger partial charge in [-0.05, 0) is 50.1 Å². The molecule has 0 saturated heterocycles. The van der Waals surface area contributed by atoms with Gasteiger partial charge in [0.15, 0.2) is 6.04 Å². The van der Waals surface area contributed by atoms with E-state index in [2.05, 4.69) is 83.3 Å². The minimum absolute atomic E-state index is 0.0839. The summed E-state index contributed by atoms with van der Waals surface area (Å²) in [6, 6.07) is 17.1. The number of rotatable bonds is 8. The molecule has 0 saturated carbocycles. The monoisotopic (exact) mass is 393 g/mol. The third-order valence-corrected chi connectivity index (χ3v) is 5.38. The minimum Gasteiger partial charge on any atom is -0.378 e. The number of fused-ring (bicyclic) bond motifs is 1. The molecule has 0 fully saturated rings. The Balaban J connectivity index is 1.88. The predicted octanol–water partition coefficient (Wildman–Crippen LogP) is 2.84. The van der Waals surface area contributed by atoms with Gasteiger partial charge in [0.1, 0.15) is 0 Å². The van der Waals surface area contributed by atoms with Gasteiger partial charge in [0.2, 0.25) is 0 Å². The van der Waals surface area contributed by atoms with Crippen LogP contribution in [-0.2, 0) is 4.79 Å². The molecule has 5 nitrogen and oxygen atoms in total. The Labute approximate surface area is 173 Å². The fraction of sp³-hybridized carbons (Fsp3) is 0.375. The molecule has 3 aromatic rings. The van der Waals surface area contributed by atoms with Crippen LogP contribution >= 0.6 is 0 Å². The number of aromatic amines is 1. The molecular weight excluding hydrogens is 360 g/mol. The number of para-hydroxylation sites is 1. The van der Waals surface area contributed by atoms with Crippen molar-refractivity contribution < 1.29 is 10.1 Å². The van der Waals surface area contributed by atoms with E-state index >= 15 is 0 Å². The number of anilines is 1. The molecule has 1 amide bonds. The summed E-state index contributed by atoms with van der Waals surface area (Å²) in [5.41, 5.74) is 4.85. The second-order valence-corrected chi connectivity index (χ2v) is 8.25. The summed E-state index contributed by atoms with van der Waals surface area (Å²) < 4.78 is 0. The number of nitrogens with two attached hydrogens (primary N) is 1. The van der Waals surface area contributed by atoms with Crippen LogP contribution in [0.3, 0.4) is 0 Å². The van der Waals surface area contributed by atoms with Crippen LogP contribution in [0.5, 0.6) is 0 Å². The molecule has 0 bridgehead atoms. The number of H-pyrrole nitrogens is 1. The van der Waals surface area contributed by atoms with E-state index in [9.17, 15) is 4.79 Å². The van der Waals surface area contributed by atoms with Gasteiger partial charge in [-0.25, -0.2) is 0 Å². The van der Waals surface area contributed by atoms with Gasteiger partial charge in [-0.3, -0.25) is 4.79 Å². The normalized spacial score (nSPS) is 13.4. The molecule has 1 aromatic heterocycles. The number of aromatic nitrogens is 1. The summed E-state index contributed by atoms with van der Waals surface area (Å²) in [6.07, 6.45) is 2.11. The second-order valence-electron chi connectivity index (χ2n) is 8.25. The number of amides is 1. The van der Waals surface area contributed by atoms with Crippen LogP contribution in [-0.4, -0.2) is 43.6 Å². The molecule has 0 radical (unpaired) electrons. The van der Waals surface area contributed by atoms with Gasteiger partial charge >= 0.3 is 0 Å². The van der Waals surface area contributed by atoms with Crippen molar-refractivity contribution in [3.63, 3.8) is 0 Å². The molecule has 0 unspecified atom stereocenters. The van der Waals surface area contributed by atoms with Gasteiger partial charge in [-0.1, -0.05) is 30.3 Å². The summed E-state index contributed by atoms with van der Waals surface area (Å²) in [5.74, 6) is 0.275. The van der Waals surface area contributed by atoms with Crippen molar-refractivity contribution in [3.05, 3.63) is 65.9 Å². The zero-order valence-corrected chi connectivity index (χ0v) is 18.1. The molecule has 0 aliphatic rings. The Hall–Kier alpha value is -2.79. The van der Waals surface area contributed by atoms with E-state index in [4.69, 9.17) is 0 Å². The Morgan fingerprint density at radius 3 is 2.41 bits per heavy atom. The summed E-state index contributed by atoms with van der Waals surface area (Å²) >= 11 is 0. The highest BCUT2D eigenvalue weighted by atomic mass is 16.2. The van der Waals surface area contributed by atoms with Crippen molar-refractivity contribution in [2.75, 3.05) is 25.5 Å². The average molecular weight is 394 g/mol. The van der Waals surface area contributed by atoms with Gasteiger partial charge in [-0.15, -0.1) is 0 Å². The summed E-state index contributed by atoms with van der Waals surface area (Å²) in [4.78, 5) is 17.9. The number of hydrogen-bond donors (Lipinski definition) is 3. The zero-order chi connectivity index (χ0) is 21.0. The maximum atomic E-state index is 12.4. The lowest BCUT2D eigenvalue weighted by atomic mass is 9.90. The Morgan fingerprint density at radius 2 is 1.76 bits per heavy atom. The molecule has 29 heavy (non-hydrogen) atoms. The number of carbonyl (C=O) groups is 1. The summed E-state index contributed by atoms with van der Waals surface area (Å²) in [6.45, 7) is 6.76. The Kier molecular flexibility index (Phi) is 6.60. The van der Waals surface area contributed by atoms with Gasteiger partial charge in [0.05, 0.1) is 12.5 Å². The zero-order valence-electron chi connectivity index (χ0n) is 18.1. The molecule has 154 valence electrons. The van der Waals surface area contributed by atoms with Crippen molar-refractivity contribution in [3.8, 4) is 0 Å². The topological polar surface area (TPSA) is 64.7 Å². The van der Waals surface area contributed by atoms with Crippen LogP contribution in [0.2, 0.25) is 0 Å². The van der Waals surface area contributed by atoms with Gasteiger partial charge in [0, 0.05) is 42.9 Å². The highest BCUT2D eigenvalue weighted by Crippen LogP contribution is 2.30. The molecule has 2 atom stereocenters. The first kappa shape index (κ1) is 20.9. The van der Waals surface area contributed by atoms with E-state index in [0.29, 0.717) is 0 Å². The average Bonchev–Trinajstić information content (AvgIpc) is 3.12. The van der Waals surface area contributed by atoms with Gasteiger partial charge in [0.25, 0.3) is 5.91 Å². The largest absolute Gasteiger partial charge is 0.378 e. The predicted molar refractivity (Wildman–Crippen MR) is 120 cm³/mol. The van der Waals surface area contributed by atoms with Crippen LogP contribution < -0.4 is 15.5 Å². The molecular formula is C24H33N4O+. The van der Waals surface area contributed by atoms with Gasteiger partial charge in [-0.2, -0.15) is 0 Å². The van der Waals surface area contributed by atoms with E-state index < -0.39 is 0 Å². The van der Waals surface area contributed by atoms with Crippen molar-refractivity contribution in [1.29, 1.82) is 0 Å². The highest BCUT2D eigenvalue weighted by Gasteiger charge is 2.23. The van der Waals surface area contributed by atoms with Gasteiger partial charge < -0.3 is 20.5 Å². The second kappa shape index (κ2) is 9.14. The molecule has 0 aliphatic heterocycles. The smallest absolute Gasteiger partial charge is 0.278 e. The quantitative estimate of drug-likeness (QED) is 0.551. The molecule has 2 aromatic carbocycles. The fourth-order valence-electron chi connectivity index (χ4n) is 3.69. The fourth-order valence-corrected chi connectivity index (χ4v) is 3.69. The molecule has 3 rings (SSSR count). The van der Waals surface area contributed by atoms with Crippen molar-refractivity contribution in [2.24, 2.45) is 0 Å². The van der Waals surface area contributed by atoms with Crippen molar-refractivity contribution in [2.45, 2.75) is 38.8 Å². The Morgan fingerprint density at radius 1 is 1.07 bits per heavy atom. The molecule has 0 spiro atoms. The van der Waals surface area contributed by atoms with E-state index in [1.165, 1.54) is 22.2 Å². The molecule has 0 aliphatic carbocycles. The molecule has 1 heterocycles. The minimum atomic E-state index is -0.133. The van der Waals surface area contributed by atoms with E-state index in [0.717, 1.165) is 12.1 Å². The lowest BCUT2D eigenvalue weighted by molar-refractivity contribution is -0.674. The first-order valence-corrected chi connectivity index (χ1v) is 10.3. The van der Waals surface area contributed by atoms with Crippen LogP contribution in [0.15, 0.2) is 54.7 Å². The molecule has 5 heteroatoms. The third kappa shape index (κ3) is 4.98. The maximum absolute atomic E-state index is 12.4. The van der Waals surface area contributed by atoms with Crippen LogP contribution in [0, 0.1) is 0 Å². The van der Waals surface area contributed by atoms with Crippen LogP contribution in [0.25, 0.3) is 10.9 Å². The number of nitrogens with zero attached hydrogens (tertiary/aromatic N) is 1. The maximum Gasteiger partial charge on any atom is 0.278 e. The van der Waals surface area contributed by atoms with Crippen molar-refractivity contribution in [1.82, 2.24) is 10.3 Å². The lowest BCUT2D eigenvalue weighted by Gasteiger charge is -2.20. The molecule has 4 N–H and O–H groups in total. The standard InChI is InChI=1S/C24H32N4O/c1-16(2)27-24(29)17(3)25-14-21(18-10-12-19(13-11-18)28(4)5)22-15-26-23-9-7-6-8-20(22)23/h6-13,15-17,21,25-26H,14H2,1-5H3,(H,27,29)/p+1/t17-,21+/m1/s1. The van der Waals surface area contributed by atoms with Crippen LogP contribution in [0.4, 0.5) is 5.69 Å². The SMILES string of the molecule is CC(C)NC(=O)[C@@H](C)[NH2+]C[C@@H](c1ccc(N(C)C)cc1)c1c[nH]c2ccccc12. The highest BCUT2D eigenvalue weighted by molar-refractivity contribution is 5.84. The lowest BCUT2D eigenvalue weighted by Crippen LogP contribution is -2.92. The number of hydrogen-bond acceptors (Lipinski definition) is 2. The first-order chi connectivity index (χ1) is 13.9. The van der Waals surface area contributed by atoms with E-state index in [-0.39, 0.29) is 23.9 Å². The number of carbonyl (C=O) groups excluding carboxylic acids is 1. The van der Waals surface area contributed by atoms with E-state index in [1.54, 1.807) is 0 Å². The Bertz CT molecular complexity index is 943. The summed E-state index contributed by atoms with van der Waals surface area (Å²) in [7, 11) is 4.10. The first-order valence-electron chi connectivity index (χ1n) is 10.3.